The van der Waals surface area contributed by atoms with E-state index in [1.54, 1.807) is 0 Å². The van der Waals surface area contributed by atoms with Crippen molar-refractivity contribution in [3.8, 4) is 0 Å². The van der Waals surface area contributed by atoms with Crippen molar-refractivity contribution < 1.29 is 4.79 Å². The van der Waals surface area contributed by atoms with Gasteiger partial charge in [-0.1, -0.05) is 6.92 Å². The number of aromatic nitrogens is 1. The highest BCUT2D eigenvalue weighted by molar-refractivity contribution is 5.76. The number of nitrogens with zero attached hydrogens (tertiary/aromatic N) is 2. The van der Waals surface area contributed by atoms with Crippen LogP contribution < -0.4 is 0 Å². The Morgan fingerprint density at radius 3 is 2.81 bits per heavy atom. The van der Waals surface area contributed by atoms with Crippen LogP contribution in [-0.2, 0) is 11.3 Å². The molecule has 1 aromatic heterocycles. The maximum absolute atomic E-state index is 12.0. The van der Waals surface area contributed by atoms with Crippen molar-refractivity contribution in [2.75, 3.05) is 13.1 Å². The summed E-state index contributed by atoms with van der Waals surface area (Å²) in [7, 11) is 0. The van der Waals surface area contributed by atoms with E-state index in [9.17, 15) is 4.79 Å². The molecular formula is C13H20N2O. The van der Waals surface area contributed by atoms with Gasteiger partial charge in [0.2, 0.25) is 5.91 Å². The second kappa shape index (κ2) is 5.19. The molecule has 3 nitrogen and oxygen atoms in total. The number of carbonyl (C=O) groups excluding carboxylic acids is 1. The molecule has 1 unspecified atom stereocenters. The third kappa shape index (κ3) is 2.87. The van der Waals surface area contributed by atoms with E-state index in [0.29, 0.717) is 18.2 Å². The maximum Gasteiger partial charge on any atom is 0.224 e. The number of amides is 1. The molecule has 1 aliphatic heterocycles. The Labute approximate surface area is 97.1 Å². The van der Waals surface area contributed by atoms with Gasteiger partial charge in [-0.05, 0) is 30.9 Å². The van der Waals surface area contributed by atoms with Gasteiger partial charge in [0, 0.05) is 38.4 Å². The van der Waals surface area contributed by atoms with Gasteiger partial charge in [-0.2, -0.15) is 0 Å². The Kier molecular flexibility index (Phi) is 3.65. The van der Waals surface area contributed by atoms with Crippen molar-refractivity contribution in [1.82, 2.24) is 9.47 Å². The molecule has 0 N–H and O–H groups in total. The number of rotatable bonds is 3. The fraction of sp³-hybridized carbons (Fsp3) is 0.615. The van der Waals surface area contributed by atoms with Crippen LogP contribution in [0.4, 0.5) is 0 Å². The van der Waals surface area contributed by atoms with Gasteiger partial charge in [-0.3, -0.25) is 4.79 Å². The van der Waals surface area contributed by atoms with E-state index >= 15 is 0 Å². The average Bonchev–Trinajstić information content (AvgIpc) is 2.78. The first kappa shape index (κ1) is 11.2. The zero-order valence-electron chi connectivity index (χ0n) is 9.93. The van der Waals surface area contributed by atoms with Crippen LogP contribution in [0.25, 0.3) is 0 Å². The molecule has 1 fully saturated rings. The van der Waals surface area contributed by atoms with Crippen LogP contribution in [0.5, 0.6) is 0 Å². The average molecular weight is 220 g/mol. The summed E-state index contributed by atoms with van der Waals surface area (Å²) in [5.41, 5.74) is 0. The Hall–Kier alpha value is -1.25. The van der Waals surface area contributed by atoms with Crippen LogP contribution in [0.1, 0.15) is 26.2 Å². The molecule has 1 saturated heterocycles. The molecule has 16 heavy (non-hydrogen) atoms. The number of carbonyl (C=O) groups is 1. The van der Waals surface area contributed by atoms with E-state index in [1.165, 1.54) is 6.42 Å². The van der Waals surface area contributed by atoms with Crippen molar-refractivity contribution in [1.29, 1.82) is 0 Å². The van der Waals surface area contributed by atoms with Crippen LogP contribution in [0.2, 0.25) is 0 Å². The number of likely N-dealkylation sites (tertiary alicyclic amines) is 1. The van der Waals surface area contributed by atoms with E-state index in [1.807, 2.05) is 29.4 Å². The van der Waals surface area contributed by atoms with Crippen molar-refractivity contribution in [2.24, 2.45) is 5.92 Å². The van der Waals surface area contributed by atoms with Crippen LogP contribution in [0, 0.1) is 5.92 Å². The van der Waals surface area contributed by atoms with Crippen LogP contribution in [0.3, 0.4) is 0 Å². The first-order valence-corrected chi connectivity index (χ1v) is 6.14. The molecule has 0 aromatic carbocycles. The van der Waals surface area contributed by atoms with Gasteiger partial charge in [0.25, 0.3) is 0 Å². The summed E-state index contributed by atoms with van der Waals surface area (Å²) < 4.78 is 2.06. The minimum Gasteiger partial charge on any atom is -0.354 e. The van der Waals surface area contributed by atoms with Gasteiger partial charge in [-0.15, -0.1) is 0 Å². The lowest BCUT2D eigenvalue weighted by molar-refractivity contribution is -0.133. The highest BCUT2D eigenvalue weighted by Gasteiger charge is 2.20. The highest BCUT2D eigenvalue weighted by atomic mass is 16.2. The molecule has 1 atom stereocenters. The molecule has 1 aliphatic rings. The predicted octanol–water partition coefficient (Wildman–Crippen LogP) is 2.14. The zero-order chi connectivity index (χ0) is 11.4. The minimum atomic E-state index is 0.306. The molecule has 0 aliphatic carbocycles. The lowest BCUT2D eigenvalue weighted by Crippen LogP contribution is -2.39. The van der Waals surface area contributed by atoms with Gasteiger partial charge in [0.15, 0.2) is 0 Å². The van der Waals surface area contributed by atoms with Crippen molar-refractivity contribution >= 4 is 5.91 Å². The molecule has 0 radical (unpaired) electrons. The summed E-state index contributed by atoms with van der Waals surface area (Å²) in [5.74, 6) is 0.976. The zero-order valence-corrected chi connectivity index (χ0v) is 9.93. The number of piperidine rings is 1. The summed E-state index contributed by atoms with van der Waals surface area (Å²) >= 11 is 0. The minimum absolute atomic E-state index is 0.306. The third-order valence-corrected chi connectivity index (χ3v) is 3.26. The standard InChI is InChI=1S/C13H20N2O/c1-12-5-4-9-15(11-12)13(16)6-10-14-7-2-3-8-14/h2-3,7-8,12H,4-6,9-11H2,1H3. The van der Waals surface area contributed by atoms with Gasteiger partial charge in [-0.25, -0.2) is 0 Å². The SMILES string of the molecule is CC1CCCN(C(=O)CCn2cccc2)C1. The molecular weight excluding hydrogens is 200 g/mol. The van der Waals surface area contributed by atoms with Crippen LogP contribution >= 0.6 is 0 Å². The lowest BCUT2D eigenvalue weighted by atomic mass is 10.00. The fourth-order valence-electron chi connectivity index (χ4n) is 2.32. The molecule has 0 spiro atoms. The largest absolute Gasteiger partial charge is 0.354 e. The Morgan fingerprint density at radius 2 is 2.12 bits per heavy atom. The molecule has 2 rings (SSSR count). The van der Waals surface area contributed by atoms with E-state index in [2.05, 4.69) is 11.5 Å². The van der Waals surface area contributed by atoms with Crippen molar-refractivity contribution in [2.45, 2.75) is 32.7 Å². The Morgan fingerprint density at radius 1 is 1.38 bits per heavy atom. The third-order valence-electron chi connectivity index (χ3n) is 3.26. The van der Waals surface area contributed by atoms with Crippen molar-refractivity contribution in [3.63, 3.8) is 0 Å². The van der Waals surface area contributed by atoms with Gasteiger partial charge in [0.1, 0.15) is 0 Å². The number of aryl methyl sites for hydroxylation is 1. The molecule has 2 heterocycles. The van der Waals surface area contributed by atoms with Gasteiger partial charge >= 0.3 is 0 Å². The Balaban J connectivity index is 1.79. The monoisotopic (exact) mass is 220 g/mol. The normalized spacial score (nSPS) is 21.1. The number of hydrogen-bond acceptors (Lipinski definition) is 1. The maximum atomic E-state index is 12.0. The summed E-state index contributed by atoms with van der Waals surface area (Å²) in [6.07, 6.45) is 7.07. The summed E-state index contributed by atoms with van der Waals surface area (Å²) in [5, 5.41) is 0. The van der Waals surface area contributed by atoms with Crippen molar-refractivity contribution in [3.05, 3.63) is 24.5 Å². The van der Waals surface area contributed by atoms with E-state index in [4.69, 9.17) is 0 Å². The number of hydrogen-bond donors (Lipinski definition) is 0. The molecule has 1 amide bonds. The first-order chi connectivity index (χ1) is 7.75. The first-order valence-electron chi connectivity index (χ1n) is 6.14. The van der Waals surface area contributed by atoms with Crippen LogP contribution in [0.15, 0.2) is 24.5 Å². The molecule has 3 heteroatoms. The lowest BCUT2D eigenvalue weighted by Gasteiger charge is -2.31. The van der Waals surface area contributed by atoms with E-state index in [-0.39, 0.29) is 0 Å². The molecule has 0 saturated carbocycles. The van der Waals surface area contributed by atoms with E-state index in [0.717, 1.165) is 26.1 Å². The van der Waals surface area contributed by atoms with E-state index < -0.39 is 0 Å². The molecule has 88 valence electrons. The van der Waals surface area contributed by atoms with Gasteiger partial charge < -0.3 is 9.47 Å². The van der Waals surface area contributed by atoms with Crippen LogP contribution in [-0.4, -0.2) is 28.5 Å². The highest BCUT2D eigenvalue weighted by Crippen LogP contribution is 2.16. The topological polar surface area (TPSA) is 25.2 Å². The quantitative estimate of drug-likeness (QED) is 0.766. The predicted molar refractivity (Wildman–Crippen MR) is 64.0 cm³/mol. The Bertz CT molecular complexity index is 332. The summed E-state index contributed by atoms with van der Waals surface area (Å²) in [6, 6.07) is 3.99. The summed E-state index contributed by atoms with van der Waals surface area (Å²) in [6.45, 7) is 4.93. The second-order valence-corrected chi connectivity index (χ2v) is 4.76. The molecule has 1 aromatic rings. The summed E-state index contributed by atoms with van der Waals surface area (Å²) in [4.78, 5) is 14.0. The second-order valence-electron chi connectivity index (χ2n) is 4.76. The fourth-order valence-corrected chi connectivity index (χ4v) is 2.32. The smallest absolute Gasteiger partial charge is 0.224 e. The molecule has 0 bridgehead atoms. The van der Waals surface area contributed by atoms with Gasteiger partial charge in [0.05, 0.1) is 0 Å².